The lowest BCUT2D eigenvalue weighted by Crippen LogP contribution is -2.33. The molecule has 1 heterocycles. The fourth-order valence-electron chi connectivity index (χ4n) is 2.18. The first-order valence-corrected chi connectivity index (χ1v) is 8.07. The molecule has 124 valence electrons. The molecule has 2 rings (SSSR count). The van der Waals surface area contributed by atoms with Crippen molar-refractivity contribution in [2.45, 2.75) is 46.3 Å². The van der Waals surface area contributed by atoms with Gasteiger partial charge in [0.05, 0.1) is 5.69 Å². The third-order valence-corrected chi connectivity index (χ3v) is 3.56. The van der Waals surface area contributed by atoms with E-state index in [0.717, 1.165) is 24.3 Å². The van der Waals surface area contributed by atoms with E-state index in [-0.39, 0.29) is 11.9 Å². The van der Waals surface area contributed by atoms with E-state index in [1.807, 2.05) is 37.3 Å². The van der Waals surface area contributed by atoms with Crippen LogP contribution in [0.4, 0.5) is 0 Å². The molecule has 0 radical (unpaired) electrons. The number of hydrogen-bond donors (Lipinski definition) is 2. The molecule has 2 N–H and O–H groups in total. The first kappa shape index (κ1) is 17.1. The Kier molecular flexibility index (Phi) is 6.20. The molecule has 0 fully saturated rings. The molecule has 1 atom stereocenters. The number of carbonyl (C=O) groups is 1. The topological polar surface area (TPSA) is 67.0 Å². The van der Waals surface area contributed by atoms with Crippen LogP contribution in [0.2, 0.25) is 0 Å². The number of para-hydroxylation sites is 1. The van der Waals surface area contributed by atoms with E-state index in [0.29, 0.717) is 18.2 Å². The molecule has 0 aliphatic rings. The van der Waals surface area contributed by atoms with Crippen LogP contribution in [0, 0.1) is 5.92 Å². The van der Waals surface area contributed by atoms with E-state index < -0.39 is 0 Å². The van der Waals surface area contributed by atoms with Gasteiger partial charge in [0, 0.05) is 6.04 Å². The highest BCUT2D eigenvalue weighted by atomic mass is 16.5. The molecule has 1 amide bonds. The van der Waals surface area contributed by atoms with Crippen molar-refractivity contribution in [3.8, 4) is 5.75 Å². The van der Waals surface area contributed by atoms with Gasteiger partial charge in [-0.3, -0.25) is 9.89 Å². The summed E-state index contributed by atoms with van der Waals surface area (Å²) in [4.78, 5) is 12.2. The minimum absolute atomic E-state index is 0.144. The van der Waals surface area contributed by atoms with Gasteiger partial charge < -0.3 is 10.1 Å². The zero-order valence-electron chi connectivity index (χ0n) is 14.0. The molecule has 0 spiro atoms. The number of amides is 1. The quantitative estimate of drug-likeness (QED) is 0.783. The highest BCUT2D eigenvalue weighted by Gasteiger charge is 2.13. The van der Waals surface area contributed by atoms with Gasteiger partial charge in [-0.15, -0.1) is 0 Å². The molecule has 0 aliphatic heterocycles. The number of nitrogens with one attached hydrogen (secondary N) is 2. The Morgan fingerprint density at radius 1 is 1.22 bits per heavy atom. The first-order valence-electron chi connectivity index (χ1n) is 8.07. The van der Waals surface area contributed by atoms with Gasteiger partial charge >= 0.3 is 0 Å². The van der Waals surface area contributed by atoms with Crippen LogP contribution in [0.1, 0.15) is 49.8 Å². The molecule has 5 nitrogen and oxygen atoms in total. The van der Waals surface area contributed by atoms with Crippen molar-refractivity contribution in [1.82, 2.24) is 15.5 Å². The third kappa shape index (κ3) is 5.77. The molecule has 1 aromatic heterocycles. The summed E-state index contributed by atoms with van der Waals surface area (Å²) in [6, 6.07) is 11.4. The third-order valence-electron chi connectivity index (χ3n) is 3.56. The number of benzene rings is 1. The number of ether oxygens (including phenoxy) is 1. The Balaban J connectivity index is 1.82. The molecule has 0 saturated heterocycles. The van der Waals surface area contributed by atoms with Gasteiger partial charge in [-0.1, -0.05) is 32.0 Å². The predicted octanol–water partition coefficient (Wildman–Crippen LogP) is 3.54. The Hall–Kier alpha value is -2.30. The zero-order valence-corrected chi connectivity index (χ0v) is 14.0. The van der Waals surface area contributed by atoms with Crippen molar-refractivity contribution in [2.24, 2.45) is 5.92 Å². The van der Waals surface area contributed by atoms with E-state index in [2.05, 4.69) is 29.4 Å². The lowest BCUT2D eigenvalue weighted by Gasteiger charge is -2.14. The van der Waals surface area contributed by atoms with E-state index in [9.17, 15) is 4.79 Å². The van der Waals surface area contributed by atoms with Crippen LogP contribution in [0.3, 0.4) is 0 Å². The average Bonchev–Trinajstić information content (AvgIpc) is 3.01. The summed E-state index contributed by atoms with van der Waals surface area (Å²) in [6.45, 7) is 6.74. The summed E-state index contributed by atoms with van der Waals surface area (Å²) in [5, 5.41) is 9.88. The van der Waals surface area contributed by atoms with Crippen molar-refractivity contribution < 1.29 is 9.53 Å². The largest absolute Gasteiger partial charge is 0.487 e. The van der Waals surface area contributed by atoms with Crippen molar-refractivity contribution in [3.05, 3.63) is 47.8 Å². The normalized spacial score (nSPS) is 12.2. The summed E-state index contributed by atoms with van der Waals surface area (Å²) in [7, 11) is 0. The van der Waals surface area contributed by atoms with Crippen LogP contribution in [0.25, 0.3) is 0 Å². The standard InChI is InChI=1S/C18H25N3O2/c1-13(2)9-10-14(3)19-18(22)17-11-15(20-21-17)12-23-16-7-5-4-6-8-16/h4-8,11,13-14H,9-10,12H2,1-3H3,(H,19,22)(H,20,21)/t14-/m1/s1. The second kappa shape index (κ2) is 8.36. The smallest absolute Gasteiger partial charge is 0.271 e. The van der Waals surface area contributed by atoms with Crippen molar-refractivity contribution in [3.63, 3.8) is 0 Å². The average molecular weight is 315 g/mol. The minimum atomic E-state index is -0.150. The van der Waals surface area contributed by atoms with Crippen molar-refractivity contribution >= 4 is 5.91 Å². The Labute approximate surface area is 137 Å². The summed E-state index contributed by atoms with van der Waals surface area (Å²) in [5.41, 5.74) is 1.17. The number of aromatic amines is 1. The molecule has 0 bridgehead atoms. The number of carbonyl (C=O) groups excluding carboxylic acids is 1. The molecule has 0 unspecified atom stereocenters. The molecule has 0 saturated carbocycles. The Morgan fingerprint density at radius 2 is 1.96 bits per heavy atom. The monoisotopic (exact) mass is 315 g/mol. The van der Waals surface area contributed by atoms with E-state index in [4.69, 9.17) is 4.74 Å². The van der Waals surface area contributed by atoms with Gasteiger partial charge in [0.1, 0.15) is 18.1 Å². The maximum Gasteiger partial charge on any atom is 0.271 e. The van der Waals surface area contributed by atoms with Crippen LogP contribution in [0.15, 0.2) is 36.4 Å². The number of H-pyrrole nitrogens is 1. The fraction of sp³-hybridized carbons (Fsp3) is 0.444. The molecule has 23 heavy (non-hydrogen) atoms. The zero-order chi connectivity index (χ0) is 16.7. The van der Waals surface area contributed by atoms with E-state index >= 15 is 0 Å². The number of hydrogen-bond acceptors (Lipinski definition) is 3. The highest BCUT2D eigenvalue weighted by molar-refractivity contribution is 5.92. The first-order chi connectivity index (χ1) is 11.0. The lowest BCUT2D eigenvalue weighted by molar-refractivity contribution is 0.0932. The van der Waals surface area contributed by atoms with Crippen LogP contribution < -0.4 is 10.1 Å². The predicted molar refractivity (Wildman–Crippen MR) is 90.4 cm³/mol. The number of rotatable bonds is 8. The van der Waals surface area contributed by atoms with Gasteiger partial charge in [0.2, 0.25) is 0 Å². The minimum Gasteiger partial charge on any atom is -0.487 e. The Bertz CT molecular complexity index is 608. The summed E-state index contributed by atoms with van der Waals surface area (Å²) < 4.78 is 5.63. The van der Waals surface area contributed by atoms with E-state index in [1.54, 1.807) is 6.07 Å². The van der Waals surface area contributed by atoms with Crippen LogP contribution in [-0.2, 0) is 6.61 Å². The number of nitrogens with zero attached hydrogens (tertiary/aromatic N) is 1. The summed E-state index contributed by atoms with van der Waals surface area (Å²) in [6.07, 6.45) is 2.07. The van der Waals surface area contributed by atoms with Gasteiger partial charge in [-0.2, -0.15) is 5.10 Å². The van der Waals surface area contributed by atoms with Gasteiger partial charge in [-0.05, 0) is 43.9 Å². The van der Waals surface area contributed by atoms with Crippen LogP contribution >= 0.6 is 0 Å². The van der Waals surface area contributed by atoms with Crippen LogP contribution in [0.5, 0.6) is 5.75 Å². The SMILES string of the molecule is CC(C)CC[C@@H](C)NC(=O)c1cc(COc2ccccc2)[nH]n1. The van der Waals surface area contributed by atoms with Gasteiger partial charge in [0.25, 0.3) is 5.91 Å². The maximum absolute atomic E-state index is 12.2. The lowest BCUT2D eigenvalue weighted by atomic mass is 10.0. The number of aromatic nitrogens is 2. The summed E-state index contributed by atoms with van der Waals surface area (Å²) in [5.74, 6) is 1.28. The van der Waals surface area contributed by atoms with Gasteiger partial charge in [-0.25, -0.2) is 0 Å². The second-order valence-corrected chi connectivity index (χ2v) is 6.23. The van der Waals surface area contributed by atoms with Gasteiger partial charge in [0.15, 0.2) is 0 Å². The molecular formula is C18H25N3O2. The van der Waals surface area contributed by atoms with Crippen molar-refractivity contribution in [1.29, 1.82) is 0 Å². The molecule has 0 aliphatic carbocycles. The highest BCUT2D eigenvalue weighted by Crippen LogP contribution is 2.11. The molecule has 2 aromatic rings. The maximum atomic E-state index is 12.2. The fourth-order valence-corrected chi connectivity index (χ4v) is 2.18. The van der Waals surface area contributed by atoms with Crippen molar-refractivity contribution in [2.75, 3.05) is 0 Å². The molecule has 1 aromatic carbocycles. The summed E-state index contributed by atoms with van der Waals surface area (Å²) >= 11 is 0. The molecule has 5 heteroatoms. The second-order valence-electron chi connectivity index (χ2n) is 6.23. The Morgan fingerprint density at radius 3 is 2.65 bits per heavy atom. The van der Waals surface area contributed by atoms with Crippen LogP contribution in [-0.4, -0.2) is 22.1 Å². The molecular weight excluding hydrogens is 290 g/mol. The van der Waals surface area contributed by atoms with E-state index in [1.165, 1.54) is 0 Å².